The van der Waals surface area contributed by atoms with Crippen LogP contribution >= 0.6 is 0 Å². The Bertz CT molecular complexity index is 351. The van der Waals surface area contributed by atoms with Crippen molar-refractivity contribution in [2.24, 2.45) is 0 Å². The first-order chi connectivity index (χ1) is 8.19. The largest absolute Gasteiger partial charge is 0.444 e. The topological polar surface area (TPSA) is 47.3 Å². The Hall–Kier alpha value is -0.870. The lowest BCUT2D eigenvalue weighted by atomic mass is 10.0. The van der Waals surface area contributed by atoms with Crippen molar-refractivity contribution in [2.75, 3.05) is 6.61 Å². The number of ether oxygens (including phenoxy) is 1. The standard InChI is InChI=1S/C13H22N2O2/c1-4-12-7-11(5-6-16-12)15-10(3)13-14-8-9(2)17-13/h8,10-12,15H,4-7H2,1-3H3. The molecule has 1 N–H and O–H groups in total. The van der Waals surface area contributed by atoms with Crippen LogP contribution in [0.25, 0.3) is 0 Å². The third kappa shape index (κ3) is 3.30. The number of aromatic nitrogens is 1. The monoisotopic (exact) mass is 238 g/mol. The Kier molecular flexibility index (Phi) is 4.18. The molecule has 1 fully saturated rings. The van der Waals surface area contributed by atoms with Crippen molar-refractivity contribution in [2.45, 2.75) is 58.2 Å². The van der Waals surface area contributed by atoms with Gasteiger partial charge in [-0.1, -0.05) is 6.92 Å². The lowest BCUT2D eigenvalue weighted by Gasteiger charge is -2.31. The first kappa shape index (κ1) is 12.6. The minimum atomic E-state index is 0.171. The average Bonchev–Trinajstić information content (AvgIpc) is 2.76. The third-order valence-corrected chi connectivity index (χ3v) is 3.32. The van der Waals surface area contributed by atoms with Crippen molar-refractivity contribution in [1.29, 1.82) is 0 Å². The fourth-order valence-electron chi connectivity index (χ4n) is 2.31. The van der Waals surface area contributed by atoms with E-state index in [1.807, 2.05) is 6.92 Å². The first-order valence-corrected chi connectivity index (χ1v) is 6.49. The van der Waals surface area contributed by atoms with Gasteiger partial charge in [-0.3, -0.25) is 0 Å². The van der Waals surface area contributed by atoms with Gasteiger partial charge in [-0.25, -0.2) is 4.98 Å². The van der Waals surface area contributed by atoms with Crippen LogP contribution in [0.2, 0.25) is 0 Å². The van der Waals surface area contributed by atoms with E-state index in [0.717, 1.165) is 37.5 Å². The summed E-state index contributed by atoms with van der Waals surface area (Å²) in [6.07, 6.45) is 5.41. The summed E-state index contributed by atoms with van der Waals surface area (Å²) in [7, 11) is 0. The van der Waals surface area contributed by atoms with Crippen LogP contribution in [-0.2, 0) is 4.74 Å². The smallest absolute Gasteiger partial charge is 0.211 e. The van der Waals surface area contributed by atoms with Crippen LogP contribution in [0.5, 0.6) is 0 Å². The predicted molar refractivity (Wildman–Crippen MR) is 65.8 cm³/mol. The zero-order valence-electron chi connectivity index (χ0n) is 10.9. The Labute approximate surface area is 103 Å². The number of oxazole rings is 1. The second-order valence-corrected chi connectivity index (χ2v) is 4.82. The molecule has 0 radical (unpaired) electrons. The molecule has 4 heteroatoms. The molecule has 0 amide bonds. The maximum absolute atomic E-state index is 5.67. The molecule has 4 nitrogen and oxygen atoms in total. The second kappa shape index (κ2) is 5.65. The minimum Gasteiger partial charge on any atom is -0.444 e. The molecule has 0 aliphatic carbocycles. The summed E-state index contributed by atoms with van der Waals surface area (Å²) in [5.74, 6) is 1.65. The zero-order valence-corrected chi connectivity index (χ0v) is 10.9. The van der Waals surface area contributed by atoms with Crippen molar-refractivity contribution in [3.63, 3.8) is 0 Å². The number of rotatable bonds is 4. The average molecular weight is 238 g/mol. The summed E-state index contributed by atoms with van der Waals surface area (Å²) in [5, 5.41) is 3.58. The van der Waals surface area contributed by atoms with Crippen LogP contribution in [0.1, 0.15) is 50.8 Å². The molecule has 0 aromatic carbocycles. The molecule has 1 aromatic heterocycles. The summed E-state index contributed by atoms with van der Waals surface area (Å²) in [5.41, 5.74) is 0. The van der Waals surface area contributed by atoms with E-state index in [0.29, 0.717) is 12.1 Å². The van der Waals surface area contributed by atoms with Gasteiger partial charge < -0.3 is 14.5 Å². The third-order valence-electron chi connectivity index (χ3n) is 3.32. The Morgan fingerprint density at radius 1 is 1.59 bits per heavy atom. The molecule has 0 saturated carbocycles. The molecular weight excluding hydrogens is 216 g/mol. The molecule has 17 heavy (non-hydrogen) atoms. The van der Waals surface area contributed by atoms with Crippen molar-refractivity contribution < 1.29 is 9.15 Å². The van der Waals surface area contributed by atoms with E-state index in [1.165, 1.54) is 0 Å². The maximum Gasteiger partial charge on any atom is 0.211 e. The van der Waals surface area contributed by atoms with Crippen LogP contribution in [0.15, 0.2) is 10.6 Å². The van der Waals surface area contributed by atoms with E-state index in [-0.39, 0.29) is 6.04 Å². The predicted octanol–water partition coefficient (Wildman–Crippen LogP) is 2.59. The highest BCUT2D eigenvalue weighted by Gasteiger charge is 2.23. The van der Waals surface area contributed by atoms with Crippen LogP contribution in [-0.4, -0.2) is 23.7 Å². The van der Waals surface area contributed by atoms with Crippen LogP contribution in [0, 0.1) is 6.92 Å². The van der Waals surface area contributed by atoms with Gasteiger partial charge in [0, 0.05) is 12.6 Å². The molecule has 0 bridgehead atoms. The maximum atomic E-state index is 5.67. The van der Waals surface area contributed by atoms with Gasteiger partial charge in [-0.15, -0.1) is 0 Å². The quantitative estimate of drug-likeness (QED) is 0.876. The number of hydrogen-bond acceptors (Lipinski definition) is 4. The van der Waals surface area contributed by atoms with Gasteiger partial charge in [0.2, 0.25) is 5.89 Å². The highest BCUT2D eigenvalue weighted by Crippen LogP contribution is 2.20. The molecule has 3 unspecified atom stereocenters. The summed E-state index contributed by atoms with van der Waals surface area (Å²) < 4.78 is 11.2. The van der Waals surface area contributed by atoms with Crippen molar-refractivity contribution in [3.05, 3.63) is 17.8 Å². The van der Waals surface area contributed by atoms with Gasteiger partial charge in [0.25, 0.3) is 0 Å². The normalized spacial score (nSPS) is 27.0. The molecule has 1 aliphatic rings. The van der Waals surface area contributed by atoms with Crippen LogP contribution < -0.4 is 5.32 Å². The summed E-state index contributed by atoms with van der Waals surface area (Å²) in [6.45, 7) is 7.05. The lowest BCUT2D eigenvalue weighted by molar-refractivity contribution is -0.00217. The van der Waals surface area contributed by atoms with Crippen molar-refractivity contribution >= 4 is 0 Å². The number of hydrogen-bond donors (Lipinski definition) is 1. The van der Waals surface area contributed by atoms with E-state index < -0.39 is 0 Å². The highest BCUT2D eigenvalue weighted by molar-refractivity contribution is 4.96. The molecule has 1 aromatic rings. The Morgan fingerprint density at radius 2 is 2.41 bits per heavy atom. The molecule has 2 rings (SSSR count). The van der Waals surface area contributed by atoms with E-state index in [2.05, 4.69) is 24.1 Å². The highest BCUT2D eigenvalue weighted by atomic mass is 16.5. The summed E-state index contributed by atoms with van der Waals surface area (Å²) >= 11 is 0. The molecule has 1 aliphatic heterocycles. The fraction of sp³-hybridized carbons (Fsp3) is 0.769. The van der Waals surface area contributed by atoms with Gasteiger partial charge in [0.1, 0.15) is 5.76 Å². The van der Waals surface area contributed by atoms with Crippen molar-refractivity contribution in [1.82, 2.24) is 10.3 Å². The number of aryl methyl sites for hydroxylation is 1. The fourth-order valence-corrected chi connectivity index (χ4v) is 2.31. The molecule has 0 spiro atoms. The molecule has 96 valence electrons. The zero-order chi connectivity index (χ0) is 12.3. The Balaban J connectivity index is 1.87. The number of nitrogens with zero attached hydrogens (tertiary/aromatic N) is 1. The summed E-state index contributed by atoms with van der Waals surface area (Å²) in [4.78, 5) is 4.26. The first-order valence-electron chi connectivity index (χ1n) is 6.49. The van der Waals surface area contributed by atoms with E-state index in [9.17, 15) is 0 Å². The van der Waals surface area contributed by atoms with Gasteiger partial charge in [-0.2, -0.15) is 0 Å². The van der Waals surface area contributed by atoms with Crippen LogP contribution in [0.3, 0.4) is 0 Å². The lowest BCUT2D eigenvalue weighted by Crippen LogP contribution is -2.40. The van der Waals surface area contributed by atoms with Gasteiger partial charge in [-0.05, 0) is 33.1 Å². The molecule has 1 saturated heterocycles. The second-order valence-electron chi connectivity index (χ2n) is 4.82. The van der Waals surface area contributed by atoms with Gasteiger partial charge >= 0.3 is 0 Å². The Morgan fingerprint density at radius 3 is 3.06 bits per heavy atom. The number of nitrogens with one attached hydrogen (secondary N) is 1. The SMILES string of the molecule is CCC1CC(NC(C)c2ncc(C)o2)CCO1. The van der Waals surface area contributed by atoms with E-state index >= 15 is 0 Å². The van der Waals surface area contributed by atoms with Gasteiger partial charge in [0.15, 0.2) is 0 Å². The minimum absolute atomic E-state index is 0.171. The van der Waals surface area contributed by atoms with Gasteiger partial charge in [0.05, 0.1) is 18.3 Å². The van der Waals surface area contributed by atoms with Crippen molar-refractivity contribution in [3.8, 4) is 0 Å². The van der Waals surface area contributed by atoms with E-state index in [1.54, 1.807) is 6.20 Å². The van der Waals surface area contributed by atoms with E-state index in [4.69, 9.17) is 9.15 Å². The van der Waals surface area contributed by atoms with Crippen LogP contribution in [0.4, 0.5) is 0 Å². The molecular formula is C13H22N2O2. The molecule has 2 heterocycles. The summed E-state index contributed by atoms with van der Waals surface area (Å²) in [6, 6.07) is 0.681. The molecule has 3 atom stereocenters.